The third-order valence-corrected chi connectivity index (χ3v) is 5.14. The maximum absolute atomic E-state index is 12.8. The Morgan fingerprint density at radius 3 is 2.16 bits per heavy atom. The maximum Gasteiger partial charge on any atom is 0.305 e. The van der Waals surface area contributed by atoms with Crippen LogP contribution in [0.1, 0.15) is 26.3 Å². The molecule has 25 heavy (non-hydrogen) atoms. The number of carbonyl (C=O) groups is 2. The highest BCUT2D eigenvalue weighted by Gasteiger charge is 2.45. The molecule has 2 aliphatic rings. The zero-order valence-corrected chi connectivity index (χ0v) is 14.0. The van der Waals surface area contributed by atoms with Crippen LogP contribution in [0.5, 0.6) is 0 Å². The molecule has 7 heteroatoms. The number of benzene rings is 2. The number of rotatable bonds is 4. The van der Waals surface area contributed by atoms with E-state index in [1.165, 1.54) is 4.90 Å². The SMILES string of the molecule is O=C1c2ccccc2C(=O)N1C(Cc1ccccc1)C1CO[S@](=O)O1. The molecule has 2 unspecified atom stereocenters. The van der Waals surface area contributed by atoms with Crippen LogP contribution in [0.4, 0.5) is 0 Å². The van der Waals surface area contributed by atoms with Crippen molar-refractivity contribution in [3.63, 3.8) is 0 Å². The lowest BCUT2D eigenvalue weighted by atomic mass is 10.00. The van der Waals surface area contributed by atoms with Gasteiger partial charge in [-0.05, 0) is 24.1 Å². The van der Waals surface area contributed by atoms with Crippen molar-refractivity contribution >= 4 is 23.2 Å². The standard InChI is InChI=1S/C18H15NO5S/c20-17-13-8-4-5-9-14(13)18(21)19(17)15(16-11-23-25(22)24-16)10-12-6-2-1-3-7-12/h1-9,15-16H,10-11H2/t15?,16?,25-/m0/s1. The second kappa shape index (κ2) is 6.51. The Morgan fingerprint density at radius 2 is 1.60 bits per heavy atom. The molecule has 0 aromatic heterocycles. The van der Waals surface area contributed by atoms with Crippen molar-refractivity contribution < 1.29 is 22.2 Å². The van der Waals surface area contributed by atoms with Crippen LogP contribution in [0.2, 0.25) is 0 Å². The average Bonchev–Trinajstić information content (AvgIpc) is 3.17. The predicted molar refractivity (Wildman–Crippen MR) is 89.8 cm³/mol. The summed E-state index contributed by atoms with van der Waals surface area (Å²) in [5.74, 6) is -0.717. The van der Waals surface area contributed by atoms with E-state index in [1.807, 2.05) is 30.3 Å². The van der Waals surface area contributed by atoms with Crippen molar-refractivity contribution in [2.45, 2.75) is 18.6 Å². The van der Waals surface area contributed by atoms with Gasteiger partial charge in [-0.15, -0.1) is 0 Å². The highest BCUT2D eigenvalue weighted by molar-refractivity contribution is 7.75. The number of nitrogens with zero attached hydrogens (tertiary/aromatic N) is 1. The third-order valence-electron chi connectivity index (χ3n) is 4.40. The van der Waals surface area contributed by atoms with Gasteiger partial charge < -0.3 is 0 Å². The molecule has 2 aromatic rings. The Balaban J connectivity index is 1.70. The van der Waals surface area contributed by atoms with E-state index in [1.54, 1.807) is 24.3 Å². The van der Waals surface area contributed by atoms with Gasteiger partial charge in [-0.1, -0.05) is 42.5 Å². The molecule has 0 radical (unpaired) electrons. The molecule has 0 aliphatic carbocycles. The molecule has 4 rings (SSSR count). The fourth-order valence-electron chi connectivity index (χ4n) is 3.21. The summed E-state index contributed by atoms with van der Waals surface area (Å²) in [6.45, 7) is 0.0670. The summed E-state index contributed by atoms with van der Waals surface area (Å²) in [6.07, 6.45) is -0.236. The highest BCUT2D eigenvalue weighted by atomic mass is 32.2. The zero-order valence-electron chi connectivity index (χ0n) is 13.2. The molecule has 6 nitrogen and oxygen atoms in total. The summed E-state index contributed by atoms with van der Waals surface area (Å²) in [4.78, 5) is 26.8. The summed E-state index contributed by atoms with van der Waals surface area (Å²) in [5.41, 5.74) is 1.71. The van der Waals surface area contributed by atoms with Gasteiger partial charge in [0.25, 0.3) is 11.8 Å². The lowest BCUT2D eigenvalue weighted by molar-refractivity contribution is 0.0437. The van der Waals surface area contributed by atoms with E-state index in [-0.39, 0.29) is 18.4 Å². The van der Waals surface area contributed by atoms with Gasteiger partial charge in [0.2, 0.25) is 0 Å². The summed E-state index contributed by atoms with van der Waals surface area (Å²) in [5, 5.41) is 0. The molecule has 2 aromatic carbocycles. The van der Waals surface area contributed by atoms with Crippen molar-refractivity contribution in [3.8, 4) is 0 Å². The molecular formula is C18H15NO5S. The van der Waals surface area contributed by atoms with Gasteiger partial charge in [0.1, 0.15) is 6.10 Å². The van der Waals surface area contributed by atoms with Crippen molar-refractivity contribution in [2.24, 2.45) is 0 Å². The van der Waals surface area contributed by atoms with Crippen molar-refractivity contribution in [1.29, 1.82) is 0 Å². The highest BCUT2D eigenvalue weighted by Crippen LogP contribution is 2.29. The quantitative estimate of drug-likeness (QED) is 0.782. The summed E-state index contributed by atoms with van der Waals surface area (Å²) in [7, 11) is 0. The summed E-state index contributed by atoms with van der Waals surface area (Å²) in [6, 6.07) is 15.6. The van der Waals surface area contributed by atoms with Gasteiger partial charge in [-0.2, -0.15) is 4.21 Å². The van der Waals surface area contributed by atoms with Crippen LogP contribution >= 0.6 is 0 Å². The lowest BCUT2D eigenvalue weighted by Crippen LogP contribution is -2.49. The van der Waals surface area contributed by atoms with Crippen molar-refractivity contribution in [1.82, 2.24) is 4.90 Å². The smallest absolute Gasteiger partial charge is 0.269 e. The Kier molecular flexibility index (Phi) is 4.20. The minimum absolute atomic E-state index is 0.0670. The third kappa shape index (κ3) is 2.90. The van der Waals surface area contributed by atoms with Gasteiger partial charge in [0.05, 0.1) is 23.8 Å². The fourth-order valence-corrected chi connectivity index (χ4v) is 3.89. The first-order chi connectivity index (χ1) is 12.1. The average molecular weight is 357 g/mol. The molecule has 1 saturated heterocycles. The first-order valence-corrected chi connectivity index (χ1v) is 8.88. The first kappa shape index (κ1) is 16.1. The van der Waals surface area contributed by atoms with Gasteiger partial charge in [-0.25, -0.2) is 0 Å². The normalized spacial score (nSPS) is 23.8. The Hall–Kier alpha value is -2.35. The van der Waals surface area contributed by atoms with E-state index in [9.17, 15) is 13.8 Å². The molecule has 0 bridgehead atoms. The molecule has 2 aliphatic heterocycles. The minimum Gasteiger partial charge on any atom is -0.269 e. The van der Waals surface area contributed by atoms with E-state index in [4.69, 9.17) is 8.37 Å². The Labute approximate surface area is 147 Å². The van der Waals surface area contributed by atoms with Crippen LogP contribution < -0.4 is 0 Å². The second-order valence-electron chi connectivity index (χ2n) is 5.91. The van der Waals surface area contributed by atoms with E-state index in [2.05, 4.69) is 0 Å². The molecule has 2 heterocycles. The molecule has 0 N–H and O–H groups in total. The van der Waals surface area contributed by atoms with Gasteiger partial charge in [-0.3, -0.25) is 22.9 Å². The first-order valence-electron chi connectivity index (χ1n) is 7.88. The second-order valence-corrected chi connectivity index (χ2v) is 6.74. The summed E-state index contributed by atoms with van der Waals surface area (Å²) >= 11 is -1.85. The molecule has 0 spiro atoms. The minimum atomic E-state index is -1.85. The predicted octanol–water partition coefficient (Wildman–Crippen LogP) is 1.89. The van der Waals surface area contributed by atoms with Gasteiger partial charge in [0.15, 0.2) is 0 Å². The molecular weight excluding hydrogens is 342 g/mol. The Morgan fingerprint density at radius 1 is 1.00 bits per heavy atom. The largest absolute Gasteiger partial charge is 0.305 e. The van der Waals surface area contributed by atoms with Crippen LogP contribution in [0.3, 0.4) is 0 Å². The van der Waals surface area contributed by atoms with Crippen LogP contribution in [-0.2, 0) is 26.1 Å². The number of imide groups is 1. The monoisotopic (exact) mass is 357 g/mol. The molecule has 0 saturated carbocycles. The number of hydrogen-bond acceptors (Lipinski definition) is 5. The van der Waals surface area contributed by atoms with Gasteiger partial charge in [0, 0.05) is 0 Å². The molecule has 128 valence electrons. The van der Waals surface area contributed by atoms with Crippen LogP contribution in [0, 0.1) is 0 Å². The number of carbonyl (C=O) groups excluding carboxylic acids is 2. The van der Waals surface area contributed by atoms with Crippen LogP contribution in [-0.4, -0.2) is 39.7 Å². The number of fused-ring (bicyclic) bond motifs is 1. The molecule has 1 fully saturated rings. The summed E-state index contributed by atoms with van der Waals surface area (Å²) < 4.78 is 21.8. The van der Waals surface area contributed by atoms with E-state index >= 15 is 0 Å². The van der Waals surface area contributed by atoms with Crippen LogP contribution in [0.15, 0.2) is 54.6 Å². The maximum atomic E-state index is 12.8. The topological polar surface area (TPSA) is 72.9 Å². The lowest BCUT2D eigenvalue weighted by Gasteiger charge is -2.29. The fraction of sp³-hybridized carbons (Fsp3) is 0.222. The zero-order chi connectivity index (χ0) is 17.4. The molecule has 3 atom stereocenters. The van der Waals surface area contributed by atoms with Gasteiger partial charge >= 0.3 is 11.4 Å². The number of hydrogen-bond donors (Lipinski definition) is 0. The van der Waals surface area contributed by atoms with Crippen LogP contribution in [0.25, 0.3) is 0 Å². The Bertz CT molecular complexity index is 819. The number of amides is 2. The molecule has 2 amide bonds. The van der Waals surface area contributed by atoms with E-state index in [0.717, 1.165) is 5.56 Å². The van der Waals surface area contributed by atoms with Crippen molar-refractivity contribution in [2.75, 3.05) is 6.61 Å². The van der Waals surface area contributed by atoms with Crippen molar-refractivity contribution in [3.05, 3.63) is 71.3 Å². The van der Waals surface area contributed by atoms with E-state index in [0.29, 0.717) is 17.5 Å². The van der Waals surface area contributed by atoms with E-state index < -0.39 is 23.5 Å².